The first kappa shape index (κ1) is 21.1. The van der Waals surface area contributed by atoms with Gasteiger partial charge in [0, 0.05) is 11.6 Å². The van der Waals surface area contributed by atoms with Crippen molar-refractivity contribution in [2.24, 2.45) is 0 Å². The summed E-state index contributed by atoms with van der Waals surface area (Å²) in [6, 6.07) is 14.3. The summed E-state index contributed by atoms with van der Waals surface area (Å²) in [5.74, 6) is -0.371. The van der Waals surface area contributed by atoms with Gasteiger partial charge in [-0.25, -0.2) is 13.1 Å². The molecule has 3 aromatic rings. The Morgan fingerprint density at radius 2 is 1.59 bits per heavy atom. The van der Waals surface area contributed by atoms with Crippen LogP contribution >= 0.6 is 11.3 Å². The van der Waals surface area contributed by atoms with Crippen LogP contribution in [0.25, 0.3) is 0 Å². The second kappa shape index (κ2) is 8.81. The third kappa shape index (κ3) is 5.26. The van der Waals surface area contributed by atoms with Crippen LogP contribution in [0.15, 0.2) is 52.9 Å². The van der Waals surface area contributed by atoms with Crippen molar-refractivity contribution in [3.63, 3.8) is 0 Å². The average molecular weight is 431 g/mol. The van der Waals surface area contributed by atoms with Gasteiger partial charge in [0.25, 0.3) is 15.9 Å². The van der Waals surface area contributed by atoms with Gasteiger partial charge in [0.2, 0.25) is 9.47 Å². The van der Waals surface area contributed by atoms with Crippen molar-refractivity contribution >= 4 is 32.4 Å². The number of carbonyl (C=O) groups excluding carboxylic acids is 1. The zero-order valence-corrected chi connectivity index (χ0v) is 18.0. The lowest BCUT2D eigenvalue weighted by atomic mass is 10.0. The summed E-state index contributed by atoms with van der Waals surface area (Å²) < 4.78 is 27.9. The summed E-state index contributed by atoms with van der Waals surface area (Å²) in [5.41, 5.74) is 3.47. The van der Waals surface area contributed by atoms with Crippen LogP contribution in [0.1, 0.15) is 46.4 Å². The molecule has 1 amide bonds. The molecular formula is C20H22N4O3S2. The molecule has 0 saturated heterocycles. The number of sulfonamides is 1. The highest BCUT2D eigenvalue weighted by Crippen LogP contribution is 2.24. The summed E-state index contributed by atoms with van der Waals surface area (Å²) in [6.45, 7) is 5.81. The number of nitrogens with one attached hydrogen (secondary N) is 2. The smallest absolute Gasteiger partial charge is 0.270 e. The Morgan fingerprint density at radius 3 is 2.17 bits per heavy atom. The van der Waals surface area contributed by atoms with Gasteiger partial charge < -0.3 is 0 Å². The molecule has 0 aliphatic heterocycles. The molecule has 0 bridgehead atoms. The van der Waals surface area contributed by atoms with Crippen LogP contribution in [-0.4, -0.2) is 24.5 Å². The monoisotopic (exact) mass is 430 g/mol. The Labute approximate surface area is 174 Å². The number of nitrogens with zero attached hydrogens (tertiary/aromatic N) is 2. The lowest BCUT2D eigenvalue weighted by Crippen LogP contribution is -2.28. The van der Waals surface area contributed by atoms with E-state index in [-0.39, 0.29) is 21.4 Å². The summed E-state index contributed by atoms with van der Waals surface area (Å²) >= 11 is 0.811. The molecule has 2 aromatic carbocycles. The van der Waals surface area contributed by atoms with Gasteiger partial charge in [-0.3, -0.25) is 10.1 Å². The summed E-state index contributed by atoms with van der Waals surface area (Å²) in [6.07, 6.45) is 0.581. The van der Waals surface area contributed by atoms with Gasteiger partial charge in [-0.1, -0.05) is 65.8 Å². The fraction of sp³-hybridized carbons (Fsp3) is 0.250. The molecule has 2 N–H and O–H groups in total. The number of carbonyl (C=O) groups is 1. The number of hydrogen-bond donors (Lipinski definition) is 2. The second-order valence-corrected chi connectivity index (χ2v) is 9.55. The molecular weight excluding hydrogens is 408 g/mol. The van der Waals surface area contributed by atoms with Crippen molar-refractivity contribution in [3.8, 4) is 0 Å². The fourth-order valence-corrected chi connectivity index (χ4v) is 4.89. The Bertz CT molecular complexity index is 1090. The van der Waals surface area contributed by atoms with Crippen molar-refractivity contribution in [2.75, 3.05) is 5.32 Å². The van der Waals surface area contributed by atoms with E-state index >= 15 is 0 Å². The van der Waals surface area contributed by atoms with E-state index in [4.69, 9.17) is 0 Å². The number of rotatable bonds is 7. The van der Waals surface area contributed by atoms with Gasteiger partial charge in [0.05, 0.1) is 0 Å². The van der Waals surface area contributed by atoms with E-state index in [0.717, 1.165) is 28.0 Å². The van der Waals surface area contributed by atoms with Gasteiger partial charge in [0.15, 0.2) is 0 Å². The molecule has 0 radical (unpaired) electrons. The summed E-state index contributed by atoms with van der Waals surface area (Å²) in [7, 11) is -3.87. The molecule has 9 heteroatoms. The van der Waals surface area contributed by atoms with Crippen LogP contribution in [0.4, 0.5) is 5.13 Å². The fourth-order valence-electron chi connectivity index (χ4n) is 2.67. The van der Waals surface area contributed by atoms with Crippen LogP contribution in [0.2, 0.25) is 0 Å². The first-order valence-electron chi connectivity index (χ1n) is 9.09. The number of benzene rings is 2. The SMILES string of the molecule is CC[C@@H](NS(=O)(=O)c1nnc(NC(=O)c2ccc(C)cc2)s1)c1ccc(C)cc1. The van der Waals surface area contributed by atoms with E-state index in [9.17, 15) is 13.2 Å². The number of aromatic nitrogens is 2. The van der Waals surface area contributed by atoms with Gasteiger partial charge >= 0.3 is 0 Å². The normalized spacial score (nSPS) is 12.5. The Balaban J connectivity index is 1.73. The maximum absolute atomic E-state index is 12.7. The number of aryl methyl sites for hydroxylation is 2. The molecule has 1 heterocycles. The van der Waals surface area contributed by atoms with Crippen molar-refractivity contribution in [2.45, 2.75) is 37.6 Å². The van der Waals surface area contributed by atoms with Crippen LogP contribution in [0.5, 0.6) is 0 Å². The molecule has 0 aliphatic carbocycles. The standard InChI is InChI=1S/C20H22N4O3S2/c1-4-17(15-9-5-13(2)6-10-15)24-29(26,27)20-23-22-19(28-20)21-18(25)16-11-7-14(3)8-12-16/h5-12,17,24H,4H2,1-3H3,(H,21,22,25)/t17-/m1/s1. The highest BCUT2D eigenvalue weighted by molar-refractivity contribution is 7.91. The molecule has 0 saturated carbocycles. The molecule has 0 fully saturated rings. The highest BCUT2D eigenvalue weighted by Gasteiger charge is 2.25. The van der Waals surface area contributed by atoms with E-state index in [1.54, 1.807) is 12.1 Å². The number of anilines is 1. The Kier molecular flexibility index (Phi) is 6.41. The molecule has 152 valence electrons. The van der Waals surface area contributed by atoms with Crippen molar-refractivity contribution in [1.29, 1.82) is 0 Å². The van der Waals surface area contributed by atoms with Crippen molar-refractivity contribution in [1.82, 2.24) is 14.9 Å². The van der Waals surface area contributed by atoms with Crippen LogP contribution in [-0.2, 0) is 10.0 Å². The Morgan fingerprint density at radius 1 is 1.00 bits per heavy atom. The predicted molar refractivity (Wildman–Crippen MR) is 114 cm³/mol. The maximum atomic E-state index is 12.7. The van der Waals surface area contributed by atoms with E-state index in [1.807, 2.05) is 57.2 Å². The van der Waals surface area contributed by atoms with Crippen LogP contribution in [0.3, 0.4) is 0 Å². The third-order valence-corrected chi connectivity index (χ3v) is 7.03. The zero-order valence-electron chi connectivity index (χ0n) is 16.3. The lowest BCUT2D eigenvalue weighted by molar-refractivity contribution is 0.102. The van der Waals surface area contributed by atoms with Gasteiger partial charge in [-0.15, -0.1) is 10.2 Å². The second-order valence-electron chi connectivity index (χ2n) is 6.69. The highest BCUT2D eigenvalue weighted by atomic mass is 32.2. The minimum absolute atomic E-state index is 0.124. The average Bonchev–Trinajstić information content (AvgIpc) is 3.17. The topological polar surface area (TPSA) is 101 Å². The number of hydrogen-bond acceptors (Lipinski definition) is 6. The quantitative estimate of drug-likeness (QED) is 0.555. The van der Waals surface area contributed by atoms with Crippen LogP contribution in [0, 0.1) is 13.8 Å². The largest absolute Gasteiger partial charge is 0.296 e. The molecule has 1 atom stereocenters. The van der Waals surface area contributed by atoms with E-state index in [0.29, 0.717) is 12.0 Å². The molecule has 29 heavy (non-hydrogen) atoms. The van der Waals surface area contributed by atoms with E-state index in [2.05, 4.69) is 20.2 Å². The molecule has 0 spiro atoms. The molecule has 0 aliphatic rings. The lowest BCUT2D eigenvalue weighted by Gasteiger charge is -2.16. The minimum Gasteiger partial charge on any atom is -0.296 e. The van der Waals surface area contributed by atoms with Crippen molar-refractivity contribution < 1.29 is 13.2 Å². The Hall–Kier alpha value is -2.62. The van der Waals surface area contributed by atoms with Gasteiger partial charge in [-0.2, -0.15) is 0 Å². The first-order chi connectivity index (χ1) is 13.8. The molecule has 7 nitrogen and oxygen atoms in total. The van der Waals surface area contributed by atoms with E-state index in [1.165, 1.54) is 0 Å². The number of amides is 1. The van der Waals surface area contributed by atoms with Crippen LogP contribution < -0.4 is 10.0 Å². The molecule has 1 aromatic heterocycles. The van der Waals surface area contributed by atoms with Crippen molar-refractivity contribution in [3.05, 3.63) is 70.8 Å². The third-order valence-electron chi connectivity index (χ3n) is 4.36. The van der Waals surface area contributed by atoms with E-state index < -0.39 is 10.0 Å². The molecule has 0 unspecified atom stereocenters. The maximum Gasteiger partial charge on any atom is 0.270 e. The zero-order chi connectivity index (χ0) is 21.0. The summed E-state index contributed by atoms with van der Waals surface area (Å²) in [4.78, 5) is 12.3. The molecule has 3 rings (SSSR count). The minimum atomic E-state index is -3.87. The summed E-state index contributed by atoms with van der Waals surface area (Å²) in [5, 5.41) is 10.3. The first-order valence-corrected chi connectivity index (χ1v) is 11.4. The van der Waals surface area contributed by atoms with Gasteiger partial charge in [-0.05, 0) is 38.0 Å². The predicted octanol–water partition coefficient (Wildman–Crippen LogP) is 3.84. The van der Waals surface area contributed by atoms with Gasteiger partial charge in [0.1, 0.15) is 0 Å².